The molecule has 2 N–H and O–H groups in total. The van der Waals surface area contributed by atoms with E-state index in [0.29, 0.717) is 21.1 Å². The standard InChI is InChI=1S/C23H23N5O5S2/c1-32-16(29)12-23(20(31)33-2)28(27-22(35-23)24-13-8-4-3-5-9-13)21-25-18(30)17-14-10-6-7-11-15(14)34-19(17)26-21/h3-5,8-9H,6-7,10-12H2,1-2H3,(H,24,27)(H,25,26,30). The van der Waals surface area contributed by atoms with Gasteiger partial charge in [0.15, 0.2) is 5.17 Å². The van der Waals surface area contributed by atoms with Gasteiger partial charge in [0.1, 0.15) is 4.83 Å². The summed E-state index contributed by atoms with van der Waals surface area (Å²) < 4.78 is 9.97. The van der Waals surface area contributed by atoms with Gasteiger partial charge in [0, 0.05) is 4.88 Å². The number of aliphatic imine (C=N–C) groups is 1. The molecule has 1 atom stereocenters. The molecule has 3 heterocycles. The molecule has 1 fully saturated rings. The SMILES string of the molecule is COC(=O)CC1(C(=O)OC)SC(=Nc2ccccc2)NN1c1nc2sc3c(c2c(=O)[nH]1)CCCC3. The van der Waals surface area contributed by atoms with Crippen LogP contribution in [-0.4, -0.2) is 46.2 Å². The zero-order chi connectivity index (χ0) is 24.6. The van der Waals surface area contributed by atoms with E-state index in [1.54, 1.807) is 12.1 Å². The van der Waals surface area contributed by atoms with Gasteiger partial charge in [0.2, 0.25) is 10.8 Å². The zero-order valence-corrected chi connectivity index (χ0v) is 20.8. The Morgan fingerprint density at radius 3 is 2.69 bits per heavy atom. The van der Waals surface area contributed by atoms with E-state index in [4.69, 9.17) is 14.5 Å². The third-order valence-corrected chi connectivity index (χ3v) is 8.35. The molecule has 0 radical (unpaired) electrons. The number of aromatic amines is 1. The Hall–Kier alpha value is -3.38. The topological polar surface area (TPSA) is 126 Å². The number of aryl methyl sites for hydroxylation is 2. The Morgan fingerprint density at radius 1 is 1.17 bits per heavy atom. The zero-order valence-electron chi connectivity index (χ0n) is 19.1. The van der Waals surface area contributed by atoms with Gasteiger partial charge in [0.25, 0.3) is 5.56 Å². The number of aromatic nitrogens is 2. The van der Waals surface area contributed by atoms with E-state index >= 15 is 0 Å². The summed E-state index contributed by atoms with van der Waals surface area (Å²) in [7, 11) is 2.48. The van der Waals surface area contributed by atoms with Gasteiger partial charge in [-0.05, 0) is 55.1 Å². The Morgan fingerprint density at radius 2 is 1.94 bits per heavy atom. The van der Waals surface area contributed by atoms with Crippen molar-refractivity contribution in [3.8, 4) is 0 Å². The molecule has 1 aliphatic heterocycles. The second-order valence-electron chi connectivity index (χ2n) is 8.11. The lowest BCUT2D eigenvalue weighted by Crippen LogP contribution is -2.55. The number of anilines is 1. The molecule has 10 nitrogen and oxygen atoms in total. The number of nitrogens with one attached hydrogen (secondary N) is 2. The van der Waals surface area contributed by atoms with E-state index in [9.17, 15) is 14.4 Å². The van der Waals surface area contributed by atoms with Crippen molar-refractivity contribution in [2.45, 2.75) is 37.0 Å². The molecule has 2 aliphatic rings. The highest BCUT2D eigenvalue weighted by Gasteiger charge is 2.56. The number of hydrazine groups is 1. The molecule has 35 heavy (non-hydrogen) atoms. The number of carbonyl (C=O) groups excluding carboxylic acids is 2. The average Bonchev–Trinajstić information content (AvgIpc) is 3.43. The van der Waals surface area contributed by atoms with E-state index in [1.807, 2.05) is 18.2 Å². The molecule has 0 saturated carbocycles. The molecule has 5 rings (SSSR count). The second-order valence-corrected chi connectivity index (χ2v) is 10.5. The van der Waals surface area contributed by atoms with Crippen molar-refractivity contribution in [1.82, 2.24) is 15.4 Å². The van der Waals surface area contributed by atoms with Gasteiger partial charge in [-0.3, -0.25) is 20.0 Å². The third-order valence-electron chi connectivity index (χ3n) is 5.96. The van der Waals surface area contributed by atoms with Gasteiger partial charge >= 0.3 is 11.9 Å². The number of carbonyl (C=O) groups is 2. The van der Waals surface area contributed by atoms with Crippen LogP contribution in [0.1, 0.15) is 29.7 Å². The predicted octanol–water partition coefficient (Wildman–Crippen LogP) is 3.04. The Kier molecular flexibility index (Phi) is 6.24. The summed E-state index contributed by atoms with van der Waals surface area (Å²) in [6.45, 7) is 0. The van der Waals surface area contributed by atoms with Gasteiger partial charge in [-0.1, -0.05) is 18.2 Å². The molecular weight excluding hydrogens is 490 g/mol. The van der Waals surface area contributed by atoms with E-state index < -0.39 is 16.8 Å². The Bertz CT molecular complexity index is 1390. The Balaban J connectivity index is 1.65. The van der Waals surface area contributed by atoms with Gasteiger partial charge in [-0.25, -0.2) is 19.8 Å². The molecule has 1 aromatic carbocycles. The van der Waals surface area contributed by atoms with Gasteiger partial charge in [-0.2, -0.15) is 0 Å². The Labute approximate surface area is 208 Å². The first-order valence-corrected chi connectivity index (χ1v) is 12.7. The average molecular weight is 514 g/mol. The molecule has 0 amide bonds. The lowest BCUT2D eigenvalue weighted by molar-refractivity contribution is -0.150. The first-order chi connectivity index (χ1) is 16.9. The molecule has 182 valence electrons. The minimum Gasteiger partial charge on any atom is -0.469 e. The molecular formula is C23H23N5O5S2. The monoisotopic (exact) mass is 513 g/mol. The largest absolute Gasteiger partial charge is 0.469 e. The van der Waals surface area contributed by atoms with Crippen LogP contribution in [-0.2, 0) is 31.9 Å². The fourth-order valence-corrected chi connectivity index (χ4v) is 6.76. The van der Waals surface area contributed by atoms with Crippen LogP contribution in [0.2, 0.25) is 0 Å². The third kappa shape index (κ3) is 4.16. The fourth-order valence-electron chi connectivity index (χ4n) is 4.31. The number of H-pyrrole nitrogens is 1. The van der Waals surface area contributed by atoms with E-state index in [0.717, 1.165) is 43.0 Å². The molecule has 1 saturated heterocycles. The number of benzene rings is 1. The normalized spacial score (nSPS) is 20.5. The summed E-state index contributed by atoms with van der Waals surface area (Å²) in [5.41, 5.74) is 4.46. The lowest BCUT2D eigenvalue weighted by atomic mass is 9.97. The van der Waals surface area contributed by atoms with E-state index in [2.05, 4.69) is 15.4 Å². The number of hydrogen-bond donors (Lipinski definition) is 2. The van der Waals surface area contributed by atoms with Crippen LogP contribution in [0.3, 0.4) is 0 Å². The quantitative estimate of drug-likeness (QED) is 0.495. The van der Waals surface area contributed by atoms with Gasteiger partial charge in [-0.15, -0.1) is 11.3 Å². The summed E-state index contributed by atoms with van der Waals surface area (Å²) in [5.74, 6) is -1.27. The van der Waals surface area contributed by atoms with Crippen LogP contribution in [0.5, 0.6) is 0 Å². The molecule has 3 aromatic rings. The molecule has 0 bridgehead atoms. The lowest BCUT2D eigenvalue weighted by Gasteiger charge is -2.32. The number of thioether (sulfide) groups is 1. The maximum Gasteiger partial charge on any atom is 0.345 e. The van der Waals surface area contributed by atoms with Crippen LogP contribution in [0.25, 0.3) is 10.2 Å². The number of rotatable bonds is 5. The molecule has 0 spiro atoms. The first-order valence-electron chi connectivity index (χ1n) is 11.0. The van der Waals surface area contributed by atoms with Crippen molar-refractivity contribution in [2.24, 2.45) is 4.99 Å². The number of esters is 2. The predicted molar refractivity (Wildman–Crippen MR) is 135 cm³/mol. The highest BCUT2D eigenvalue weighted by atomic mass is 32.2. The van der Waals surface area contributed by atoms with Crippen molar-refractivity contribution < 1.29 is 19.1 Å². The summed E-state index contributed by atoms with van der Waals surface area (Å²) in [6.07, 6.45) is 3.52. The van der Waals surface area contributed by atoms with Crippen LogP contribution in [0.4, 0.5) is 11.6 Å². The number of para-hydroxylation sites is 1. The van der Waals surface area contributed by atoms with Crippen molar-refractivity contribution in [3.05, 3.63) is 51.1 Å². The van der Waals surface area contributed by atoms with Crippen molar-refractivity contribution in [3.63, 3.8) is 0 Å². The molecule has 12 heteroatoms. The van der Waals surface area contributed by atoms with Crippen LogP contribution in [0.15, 0.2) is 40.1 Å². The number of fused-ring (bicyclic) bond motifs is 3. The highest BCUT2D eigenvalue weighted by molar-refractivity contribution is 8.16. The van der Waals surface area contributed by atoms with Crippen molar-refractivity contribution in [1.29, 1.82) is 0 Å². The maximum atomic E-state index is 13.2. The minimum absolute atomic E-state index is 0.0844. The van der Waals surface area contributed by atoms with Gasteiger partial charge in [0.05, 0.1) is 31.7 Å². The van der Waals surface area contributed by atoms with Crippen molar-refractivity contribution in [2.75, 3.05) is 19.2 Å². The summed E-state index contributed by atoms with van der Waals surface area (Å²) in [6, 6.07) is 9.15. The molecule has 2 aromatic heterocycles. The van der Waals surface area contributed by atoms with E-state index in [-0.39, 0.29) is 17.9 Å². The number of ether oxygens (including phenoxy) is 2. The van der Waals surface area contributed by atoms with Gasteiger partial charge < -0.3 is 9.47 Å². The summed E-state index contributed by atoms with van der Waals surface area (Å²) in [4.78, 5) is 51.0. The van der Waals surface area contributed by atoms with E-state index in [1.165, 1.54) is 35.4 Å². The van der Waals surface area contributed by atoms with Crippen LogP contribution < -0.4 is 16.0 Å². The fraction of sp³-hybridized carbons (Fsp3) is 0.348. The van der Waals surface area contributed by atoms with Crippen LogP contribution >= 0.6 is 23.1 Å². The first kappa shape index (κ1) is 23.4. The minimum atomic E-state index is -1.64. The van der Waals surface area contributed by atoms with Crippen molar-refractivity contribution >= 4 is 62.1 Å². The smallest absolute Gasteiger partial charge is 0.345 e. The molecule has 1 unspecified atom stereocenters. The number of hydrogen-bond acceptors (Lipinski definition) is 10. The molecule has 1 aliphatic carbocycles. The number of methoxy groups -OCH3 is 2. The highest BCUT2D eigenvalue weighted by Crippen LogP contribution is 2.42. The maximum absolute atomic E-state index is 13.2. The summed E-state index contributed by atoms with van der Waals surface area (Å²) in [5, 5.41) is 2.27. The van der Waals surface area contributed by atoms with Crippen LogP contribution in [0, 0.1) is 0 Å². The number of amidine groups is 1. The number of nitrogens with zero attached hydrogens (tertiary/aromatic N) is 3. The second kappa shape index (κ2) is 9.34. The summed E-state index contributed by atoms with van der Waals surface area (Å²) >= 11 is 2.49. The number of thiophene rings is 1.